The van der Waals surface area contributed by atoms with E-state index in [0.29, 0.717) is 18.6 Å². The maximum atomic E-state index is 13.2. The summed E-state index contributed by atoms with van der Waals surface area (Å²) in [5.74, 6) is -0.427. The Morgan fingerprint density at radius 3 is 2.90 bits per heavy atom. The molecule has 3 N–H and O–H groups in total. The van der Waals surface area contributed by atoms with Gasteiger partial charge in [-0.3, -0.25) is 0 Å². The predicted octanol–water partition coefficient (Wildman–Crippen LogP) is 1.19. The normalized spacial score (nSPS) is 31.3. The number of aliphatic hydroxyl groups is 1. The van der Waals surface area contributed by atoms with E-state index in [4.69, 9.17) is 10.5 Å². The van der Waals surface area contributed by atoms with E-state index >= 15 is 0 Å². The Labute approximate surface area is 114 Å². The second kappa shape index (κ2) is 4.54. The molecular weight excluding hydrogens is 272 g/mol. The lowest BCUT2D eigenvalue weighted by molar-refractivity contribution is -0.287. The molecule has 2 atom stereocenters. The molecule has 0 spiro atoms. The molecule has 110 valence electrons. The highest BCUT2D eigenvalue weighted by molar-refractivity contribution is 5.52. The summed E-state index contributed by atoms with van der Waals surface area (Å²) < 4.78 is 40.8. The smallest absolute Gasteiger partial charge is 0.396 e. The molecule has 2 aliphatic heterocycles. The van der Waals surface area contributed by atoms with Crippen LogP contribution in [-0.4, -0.2) is 31.2 Å². The summed E-state index contributed by atoms with van der Waals surface area (Å²) >= 11 is 0. The van der Waals surface area contributed by atoms with E-state index in [9.17, 15) is 13.9 Å². The standard InChI is InChI=1S/C13H15F2NO4/c14-13(15)19-10-3-1-2-9(11(10)20-13)12(16)7-18-5-4-8(12)6-17/h1-3,8,17H,4-7,16H2. The largest absolute Gasteiger partial charge is 0.586 e. The average molecular weight is 287 g/mol. The fourth-order valence-corrected chi connectivity index (χ4v) is 2.73. The van der Waals surface area contributed by atoms with Crippen molar-refractivity contribution in [1.82, 2.24) is 0 Å². The maximum absolute atomic E-state index is 13.2. The number of para-hydroxylation sites is 1. The van der Waals surface area contributed by atoms with Gasteiger partial charge in [-0.05, 0) is 12.5 Å². The Balaban J connectivity index is 2.05. The van der Waals surface area contributed by atoms with E-state index in [0.717, 1.165) is 0 Å². The quantitative estimate of drug-likeness (QED) is 0.854. The first kappa shape index (κ1) is 13.5. The number of fused-ring (bicyclic) bond motifs is 1. The van der Waals surface area contributed by atoms with E-state index in [-0.39, 0.29) is 30.6 Å². The molecule has 2 heterocycles. The molecule has 0 aliphatic carbocycles. The highest BCUT2D eigenvalue weighted by Crippen LogP contribution is 2.48. The van der Waals surface area contributed by atoms with Gasteiger partial charge >= 0.3 is 6.29 Å². The molecule has 20 heavy (non-hydrogen) atoms. The van der Waals surface area contributed by atoms with Gasteiger partial charge in [0.2, 0.25) is 0 Å². The van der Waals surface area contributed by atoms with Crippen LogP contribution in [0.2, 0.25) is 0 Å². The van der Waals surface area contributed by atoms with Gasteiger partial charge in [0, 0.05) is 24.7 Å². The summed E-state index contributed by atoms with van der Waals surface area (Å²) in [7, 11) is 0. The Kier molecular flexibility index (Phi) is 3.07. The predicted molar refractivity (Wildman–Crippen MR) is 64.5 cm³/mol. The van der Waals surface area contributed by atoms with Crippen LogP contribution in [0.15, 0.2) is 18.2 Å². The number of aliphatic hydroxyl groups excluding tert-OH is 1. The second-order valence-electron chi connectivity index (χ2n) is 5.06. The third-order valence-electron chi connectivity index (χ3n) is 3.83. The van der Waals surface area contributed by atoms with Gasteiger partial charge in [0.1, 0.15) is 0 Å². The topological polar surface area (TPSA) is 73.9 Å². The molecule has 1 aromatic rings. The van der Waals surface area contributed by atoms with Crippen molar-refractivity contribution < 1.29 is 28.1 Å². The van der Waals surface area contributed by atoms with E-state index < -0.39 is 11.8 Å². The minimum atomic E-state index is -3.70. The van der Waals surface area contributed by atoms with Crippen LogP contribution in [0.25, 0.3) is 0 Å². The monoisotopic (exact) mass is 287 g/mol. The third-order valence-corrected chi connectivity index (χ3v) is 3.83. The van der Waals surface area contributed by atoms with Crippen LogP contribution >= 0.6 is 0 Å². The van der Waals surface area contributed by atoms with E-state index in [1.807, 2.05) is 0 Å². The van der Waals surface area contributed by atoms with Crippen LogP contribution in [0.1, 0.15) is 12.0 Å². The van der Waals surface area contributed by atoms with Gasteiger partial charge in [0.05, 0.1) is 12.1 Å². The van der Waals surface area contributed by atoms with Crippen molar-refractivity contribution >= 4 is 0 Å². The SMILES string of the molecule is NC1(c2cccc3c2OC(F)(F)O3)COCCC1CO. The zero-order valence-corrected chi connectivity index (χ0v) is 10.6. The van der Waals surface area contributed by atoms with Crippen molar-refractivity contribution in [3.63, 3.8) is 0 Å². The molecule has 3 rings (SSSR count). The van der Waals surface area contributed by atoms with Crippen molar-refractivity contribution in [2.45, 2.75) is 18.3 Å². The minimum Gasteiger partial charge on any atom is -0.396 e. The second-order valence-corrected chi connectivity index (χ2v) is 5.06. The number of rotatable bonds is 2. The maximum Gasteiger partial charge on any atom is 0.586 e. The van der Waals surface area contributed by atoms with Crippen molar-refractivity contribution in [3.8, 4) is 11.5 Å². The van der Waals surface area contributed by atoms with Crippen LogP contribution in [0.3, 0.4) is 0 Å². The zero-order chi connectivity index (χ0) is 14.4. The molecule has 0 radical (unpaired) electrons. The van der Waals surface area contributed by atoms with Crippen molar-refractivity contribution in [2.75, 3.05) is 19.8 Å². The lowest BCUT2D eigenvalue weighted by atomic mass is 9.76. The number of hydrogen-bond donors (Lipinski definition) is 2. The Morgan fingerprint density at radius 2 is 2.15 bits per heavy atom. The highest BCUT2D eigenvalue weighted by Gasteiger charge is 2.49. The third kappa shape index (κ3) is 2.02. The first-order valence-corrected chi connectivity index (χ1v) is 6.33. The molecule has 2 unspecified atom stereocenters. The molecule has 0 aromatic heterocycles. The molecule has 1 saturated heterocycles. The number of halogens is 2. The first-order valence-electron chi connectivity index (χ1n) is 6.33. The molecule has 7 heteroatoms. The number of nitrogens with two attached hydrogens (primary N) is 1. The van der Waals surface area contributed by atoms with Gasteiger partial charge in [0.15, 0.2) is 11.5 Å². The molecule has 0 amide bonds. The van der Waals surface area contributed by atoms with E-state index in [1.54, 1.807) is 12.1 Å². The van der Waals surface area contributed by atoms with E-state index in [1.165, 1.54) is 6.07 Å². The first-order chi connectivity index (χ1) is 9.46. The lowest BCUT2D eigenvalue weighted by Gasteiger charge is -2.40. The van der Waals surface area contributed by atoms with Crippen LogP contribution in [0.5, 0.6) is 11.5 Å². The van der Waals surface area contributed by atoms with Crippen LogP contribution in [0.4, 0.5) is 8.78 Å². The summed E-state index contributed by atoms with van der Waals surface area (Å²) in [6.45, 7) is 0.455. The number of benzene rings is 1. The molecule has 1 aromatic carbocycles. The Hall–Kier alpha value is -1.44. The minimum absolute atomic E-state index is 0.0559. The number of alkyl halides is 2. The van der Waals surface area contributed by atoms with Gasteiger partial charge in [-0.1, -0.05) is 12.1 Å². The van der Waals surface area contributed by atoms with Gasteiger partial charge in [-0.25, -0.2) is 0 Å². The summed E-state index contributed by atoms with van der Waals surface area (Å²) in [5, 5.41) is 9.48. The van der Waals surface area contributed by atoms with Crippen LogP contribution in [0, 0.1) is 5.92 Å². The van der Waals surface area contributed by atoms with Crippen molar-refractivity contribution in [1.29, 1.82) is 0 Å². The molecule has 2 aliphatic rings. The molecule has 1 fully saturated rings. The van der Waals surface area contributed by atoms with Crippen LogP contribution < -0.4 is 15.2 Å². The summed E-state index contributed by atoms with van der Waals surface area (Å²) in [6.07, 6.45) is -3.15. The fraction of sp³-hybridized carbons (Fsp3) is 0.538. The van der Waals surface area contributed by atoms with Crippen molar-refractivity contribution in [3.05, 3.63) is 23.8 Å². The Morgan fingerprint density at radius 1 is 1.35 bits per heavy atom. The number of hydrogen-bond acceptors (Lipinski definition) is 5. The average Bonchev–Trinajstić information content (AvgIpc) is 2.72. The van der Waals surface area contributed by atoms with Gasteiger partial charge in [-0.15, -0.1) is 8.78 Å². The fourth-order valence-electron chi connectivity index (χ4n) is 2.73. The van der Waals surface area contributed by atoms with Gasteiger partial charge in [0.25, 0.3) is 0 Å². The van der Waals surface area contributed by atoms with Gasteiger partial charge in [-0.2, -0.15) is 0 Å². The van der Waals surface area contributed by atoms with Crippen molar-refractivity contribution in [2.24, 2.45) is 11.7 Å². The Bertz CT molecular complexity index is 525. The lowest BCUT2D eigenvalue weighted by Crippen LogP contribution is -2.52. The molecule has 0 saturated carbocycles. The highest BCUT2D eigenvalue weighted by atomic mass is 19.3. The summed E-state index contributed by atoms with van der Waals surface area (Å²) in [4.78, 5) is 0. The van der Waals surface area contributed by atoms with E-state index in [2.05, 4.69) is 9.47 Å². The molecule has 5 nitrogen and oxygen atoms in total. The summed E-state index contributed by atoms with van der Waals surface area (Å²) in [6, 6.07) is 4.55. The zero-order valence-electron chi connectivity index (χ0n) is 10.6. The summed E-state index contributed by atoms with van der Waals surface area (Å²) in [5.41, 5.74) is 5.62. The molecule has 0 bridgehead atoms. The van der Waals surface area contributed by atoms with Crippen LogP contribution in [-0.2, 0) is 10.3 Å². The number of ether oxygens (including phenoxy) is 3. The van der Waals surface area contributed by atoms with Gasteiger partial charge < -0.3 is 25.1 Å². The molecular formula is C13H15F2NO4.